The number of nitrogens with zero attached hydrogens (tertiary/aromatic N) is 2. The van der Waals surface area contributed by atoms with Crippen LogP contribution >= 0.6 is 15.9 Å². The maximum atomic E-state index is 12.7. The SMILES string of the molecule is COc1cc(C(=O)Nc2ccc(-c3cn4c(n3)CCCC4)cc2)cc(OC)c1Br. The average molecular weight is 456 g/mol. The lowest BCUT2D eigenvalue weighted by atomic mass is 10.1. The Kier molecular flexibility index (Phi) is 5.58. The summed E-state index contributed by atoms with van der Waals surface area (Å²) in [7, 11) is 3.10. The molecule has 0 aliphatic carbocycles. The molecule has 0 spiro atoms. The van der Waals surface area contributed by atoms with Gasteiger partial charge in [0.2, 0.25) is 0 Å². The van der Waals surface area contributed by atoms with Crippen molar-refractivity contribution in [1.29, 1.82) is 0 Å². The Labute approximate surface area is 178 Å². The quantitative estimate of drug-likeness (QED) is 0.592. The first-order valence-corrected chi connectivity index (χ1v) is 10.3. The summed E-state index contributed by atoms with van der Waals surface area (Å²) in [6.07, 6.45) is 5.56. The number of methoxy groups -OCH3 is 2. The van der Waals surface area contributed by atoms with Crippen LogP contribution in [0.15, 0.2) is 47.1 Å². The summed E-state index contributed by atoms with van der Waals surface area (Å²) in [6.45, 7) is 1.04. The molecule has 3 aromatic rings. The molecule has 0 saturated heterocycles. The summed E-state index contributed by atoms with van der Waals surface area (Å²) < 4.78 is 13.5. The molecule has 2 heterocycles. The van der Waals surface area contributed by atoms with Crippen LogP contribution in [0.5, 0.6) is 11.5 Å². The van der Waals surface area contributed by atoms with E-state index in [2.05, 4.69) is 32.0 Å². The van der Waals surface area contributed by atoms with Gasteiger partial charge < -0.3 is 19.4 Å². The molecule has 0 unspecified atom stereocenters. The van der Waals surface area contributed by atoms with Gasteiger partial charge in [-0.15, -0.1) is 0 Å². The molecular formula is C22H22BrN3O3. The summed E-state index contributed by atoms with van der Waals surface area (Å²) in [5, 5.41) is 2.92. The van der Waals surface area contributed by atoms with Crippen molar-refractivity contribution < 1.29 is 14.3 Å². The van der Waals surface area contributed by atoms with E-state index in [4.69, 9.17) is 14.5 Å². The van der Waals surface area contributed by atoms with Gasteiger partial charge in [0.05, 0.1) is 19.9 Å². The number of amides is 1. The third-order valence-corrected chi connectivity index (χ3v) is 5.84. The number of aryl methyl sites for hydroxylation is 2. The van der Waals surface area contributed by atoms with Crippen LogP contribution < -0.4 is 14.8 Å². The Hall–Kier alpha value is -2.80. The van der Waals surface area contributed by atoms with Crippen LogP contribution in [-0.4, -0.2) is 29.7 Å². The number of aromatic nitrogens is 2. The zero-order chi connectivity index (χ0) is 20.4. The fraction of sp³-hybridized carbons (Fsp3) is 0.273. The Bertz CT molecular complexity index is 995. The van der Waals surface area contributed by atoms with Crippen molar-refractivity contribution in [3.8, 4) is 22.8 Å². The van der Waals surface area contributed by atoms with Gasteiger partial charge in [0, 0.05) is 36.0 Å². The minimum absolute atomic E-state index is 0.237. The highest BCUT2D eigenvalue weighted by molar-refractivity contribution is 9.10. The van der Waals surface area contributed by atoms with E-state index in [9.17, 15) is 4.79 Å². The molecule has 1 N–H and O–H groups in total. The molecule has 0 radical (unpaired) electrons. The Balaban J connectivity index is 1.51. The number of anilines is 1. The fourth-order valence-corrected chi connectivity index (χ4v) is 4.03. The van der Waals surface area contributed by atoms with Crippen LogP contribution in [0.25, 0.3) is 11.3 Å². The van der Waals surface area contributed by atoms with Crippen LogP contribution in [0.1, 0.15) is 29.0 Å². The monoisotopic (exact) mass is 455 g/mol. The third kappa shape index (κ3) is 4.00. The first-order valence-electron chi connectivity index (χ1n) is 9.48. The topological polar surface area (TPSA) is 65.4 Å². The maximum absolute atomic E-state index is 12.7. The molecule has 4 rings (SSSR count). The third-order valence-electron chi connectivity index (χ3n) is 5.05. The van der Waals surface area contributed by atoms with Crippen molar-refractivity contribution in [3.05, 3.63) is 58.5 Å². The van der Waals surface area contributed by atoms with Gasteiger partial charge in [-0.1, -0.05) is 12.1 Å². The normalized spacial score (nSPS) is 12.9. The minimum atomic E-state index is -0.237. The van der Waals surface area contributed by atoms with Crippen molar-refractivity contribution >= 4 is 27.5 Å². The average Bonchev–Trinajstić information content (AvgIpc) is 3.18. The largest absolute Gasteiger partial charge is 0.495 e. The Morgan fingerprint density at radius 1 is 1.10 bits per heavy atom. The number of carbonyl (C=O) groups is 1. The van der Waals surface area contributed by atoms with Crippen molar-refractivity contribution in [2.45, 2.75) is 25.8 Å². The van der Waals surface area contributed by atoms with E-state index in [0.717, 1.165) is 30.0 Å². The van der Waals surface area contributed by atoms with Crippen molar-refractivity contribution in [1.82, 2.24) is 9.55 Å². The van der Waals surface area contributed by atoms with Crippen molar-refractivity contribution in [2.75, 3.05) is 19.5 Å². The predicted octanol–water partition coefficient (Wildman–Crippen LogP) is 4.92. The second kappa shape index (κ2) is 8.29. The second-order valence-electron chi connectivity index (χ2n) is 6.92. The highest BCUT2D eigenvalue weighted by atomic mass is 79.9. The summed E-state index contributed by atoms with van der Waals surface area (Å²) >= 11 is 3.41. The zero-order valence-corrected chi connectivity index (χ0v) is 18.0. The molecule has 2 aromatic carbocycles. The van der Waals surface area contributed by atoms with Gasteiger partial charge in [0.15, 0.2) is 0 Å². The van der Waals surface area contributed by atoms with E-state index in [1.807, 2.05) is 24.3 Å². The first-order chi connectivity index (χ1) is 14.1. The molecule has 150 valence electrons. The predicted molar refractivity (Wildman–Crippen MR) is 116 cm³/mol. The van der Waals surface area contributed by atoms with Crippen molar-refractivity contribution in [2.24, 2.45) is 0 Å². The summed E-state index contributed by atoms with van der Waals surface area (Å²) in [6, 6.07) is 11.1. The molecule has 0 bridgehead atoms. The number of benzene rings is 2. The van der Waals surface area contributed by atoms with E-state index >= 15 is 0 Å². The molecular weight excluding hydrogens is 434 g/mol. The lowest BCUT2D eigenvalue weighted by molar-refractivity contribution is 0.102. The Morgan fingerprint density at radius 2 is 1.79 bits per heavy atom. The maximum Gasteiger partial charge on any atom is 0.255 e. The summed E-state index contributed by atoms with van der Waals surface area (Å²) in [5.41, 5.74) is 3.18. The molecule has 0 saturated carbocycles. The van der Waals surface area contributed by atoms with Crippen LogP contribution in [0.2, 0.25) is 0 Å². The number of halogens is 1. The molecule has 0 fully saturated rings. The number of carbonyl (C=O) groups excluding carboxylic acids is 1. The standard InChI is InChI=1S/C22H22BrN3O3/c1-28-18-11-15(12-19(29-2)21(18)23)22(27)24-16-8-6-14(7-9-16)17-13-26-10-4-3-5-20(26)25-17/h6-9,11-13H,3-5,10H2,1-2H3,(H,24,27). The van der Waals surface area contributed by atoms with Gasteiger partial charge in [-0.3, -0.25) is 4.79 Å². The van der Waals surface area contributed by atoms with Crippen LogP contribution in [0.4, 0.5) is 5.69 Å². The van der Waals surface area contributed by atoms with Gasteiger partial charge >= 0.3 is 0 Å². The van der Waals surface area contributed by atoms with Gasteiger partial charge in [-0.2, -0.15) is 0 Å². The second-order valence-corrected chi connectivity index (χ2v) is 7.71. The molecule has 1 aromatic heterocycles. The van der Waals surface area contributed by atoms with E-state index < -0.39 is 0 Å². The first kappa shape index (κ1) is 19.5. The van der Waals surface area contributed by atoms with Crippen LogP contribution in [0, 0.1) is 0 Å². The minimum Gasteiger partial charge on any atom is -0.495 e. The van der Waals surface area contributed by atoms with E-state index in [-0.39, 0.29) is 5.91 Å². The fourth-order valence-electron chi connectivity index (χ4n) is 3.48. The molecule has 1 aliphatic rings. The molecule has 1 aliphatic heterocycles. The van der Waals surface area contributed by atoms with Gasteiger partial charge in [0.25, 0.3) is 5.91 Å². The number of fused-ring (bicyclic) bond motifs is 1. The highest BCUT2D eigenvalue weighted by Gasteiger charge is 2.16. The summed E-state index contributed by atoms with van der Waals surface area (Å²) in [4.78, 5) is 17.4. The lowest BCUT2D eigenvalue weighted by Crippen LogP contribution is -2.12. The zero-order valence-electron chi connectivity index (χ0n) is 16.4. The number of rotatable bonds is 5. The number of imidazole rings is 1. The molecule has 6 nitrogen and oxygen atoms in total. The van der Waals surface area contributed by atoms with E-state index in [0.29, 0.717) is 27.2 Å². The smallest absolute Gasteiger partial charge is 0.255 e. The van der Waals surface area contributed by atoms with Crippen molar-refractivity contribution in [3.63, 3.8) is 0 Å². The molecule has 29 heavy (non-hydrogen) atoms. The van der Waals surface area contributed by atoms with Gasteiger partial charge in [-0.25, -0.2) is 4.98 Å². The highest BCUT2D eigenvalue weighted by Crippen LogP contribution is 2.35. The molecule has 1 amide bonds. The number of ether oxygens (including phenoxy) is 2. The summed E-state index contributed by atoms with van der Waals surface area (Å²) in [5.74, 6) is 1.99. The number of hydrogen-bond donors (Lipinski definition) is 1. The molecule has 7 heteroatoms. The van der Waals surface area contributed by atoms with E-state index in [1.54, 1.807) is 26.4 Å². The number of hydrogen-bond acceptors (Lipinski definition) is 4. The Morgan fingerprint density at radius 3 is 2.41 bits per heavy atom. The van der Waals surface area contributed by atoms with Crippen LogP contribution in [-0.2, 0) is 13.0 Å². The van der Waals surface area contributed by atoms with Gasteiger partial charge in [-0.05, 0) is 53.0 Å². The van der Waals surface area contributed by atoms with Gasteiger partial charge in [0.1, 0.15) is 21.8 Å². The van der Waals surface area contributed by atoms with Crippen LogP contribution in [0.3, 0.4) is 0 Å². The number of nitrogens with one attached hydrogen (secondary N) is 1. The molecule has 0 atom stereocenters. The van der Waals surface area contributed by atoms with E-state index in [1.165, 1.54) is 12.8 Å². The lowest BCUT2D eigenvalue weighted by Gasteiger charge is -2.12.